The summed E-state index contributed by atoms with van der Waals surface area (Å²) in [5.74, 6) is 1.39. The predicted octanol–water partition coefficient (Wildman–Crippen LogP) is 4.62. The smallest absolute Gasteiger partial charge is 0.157 e. The highest BCUT2D eigenvalue weighted by molar-refractivity contribution is 6.43. The fraction of sp³-hybridized carbons (Fsp3) is 0.150. The molecule has 0 spiro atoms. The molecule has 0 bridgehead atoms. The summed E-state index contributed by atoms with van der Waals surface area (Å²) in [7, 11) is 0. The Bertz CT molecular complexity index is 838. The quantitative estimate of drug-likeness (QED) is 0.572. The Morgan fingerprint density at radius 1 is 0.800 bits per heavy atom. The number of benzene rings is 2. The number of para-hydroxylation sites is 2. The molecule has 0 unspecified atom stereocenters. The molecule has 126 valence electrons. The third-order valence-electron chi connectivity index (χ3n) is 3.59. The number of nitrogens with zero attached hydrogens (tertiary/aromatic N) is 3. The highest BCUT2D eigenvalue weighted by Gasteiger charge is 2.14. The van der Waals surface area contributed by atoms with Gasteiger partial charge in [-0.15, -0.1) is 0 Å². The van der Waals surface area contributed by atoms with E-state index in [1.165, 1.54) is 0 Å². The molecule has 0 saturated carbocycles. The van der Waals surface area contributed by atoms with Crippen LogP contribution in [0.15, 0.2) is 87.7 Å². The van der Waals surface area contributed by atoms with E-state index < -0.39 is 0 Å². The summed E-state index contributed by atoms with van der Waals surface area (Å²) >= 11 is 0. The van der Waals surface area contributed by atoms with E-state index in [9.17, 15) is 0 Å². The van der Waals surface area contributed by atoms with Gasteiger partial charge >= 0.3 is 0 Å². The largest absolute Gasteiger partial charge is 0.357 e. The molecular formula is C20H19N3O2. The minimum Gasteiger partial charge on any atom is -0.357 e. The van der Waals surface area contributed by atoms with Crippen LogP contribution in [0.25, 0.3) is 0 Å². The molecule has 3 rings (SSSR count). The third kappa shape index (κ3) is 4.64. The lowest BCUT2D eigenvalue weighted by molar-refractivity contribution is 0.341. The third-order valence-corrected chi connectivity index (χ3v) is 3.59. The molecule has 0 atom stereocenters. The molecule has 2 aromatic carbocycles. The van der Waals surface area contributed by atoms with Crippen LogP contribution >= 0.6 is 0 Å². The average Bonchev–Trinajstić information content (AvgIpc) is 3.16. The molecule has 0 radical (unpaired) electrons. The Balaban J connectivity index is 1.62. The van der Waals surface area contributed by atoms with Gasteiger partial charge in [0.1, 0.15) is 5.71 Å². The van der Waals surface area contributed by atoms with Gasteiger partial charge in [0.05, 0.1) is 17.1 Å². The van der Waals surface area contributed by atoms with Crippen molar-refractivity contribution in [2.45, 2.75) is 20.3 Å². The second-order valence-corrected chi connectivity index (χ2v) is 5.51. The van der Waals surface area contributed by atoms with Gasteiger partial charge in [0, 0.05) is 6.42 Å². The molecular weight excluding hydrogens is 314 g/mol. The molecule has 0 saturated heterocycles. The van der Waals surface area contributed by atoms with Crippen LogP contribution in [0.5, 0.6) is 11.5 Å². The maximum Gasteiger partial charge on any atom is 0.157 e. The summed E-state index contributed by atoms with van der Waals surface area (Å²) in [4.78, 5) is 15.4. The second kappa shape index (κ2) is 8.06. The first-order chi connectivity index (χ1) is 12.2. The molecule has 0 amide bonds. The van der Waals surface area contributed by atoms with E-state index in [1.54, 1.807) is 0 Å². The van der Waals surface area contributed by atoms with E-state index in [1.807, 2.05) is 80.6 Å². The highest BCUT2D eigenvalue weighted by Crippen LogP contribution is 2.16. The van der Waals surface area contributed by atoms with Crippen molar-refractivity contribution in [3.8, 4) is 11.5 Å². The fourth-order valence-electron chi connectivity index (χ4n) is 2.19. The Morgan fingerprint density at radius 2 is 1.32 bits per heavy atom. The minimum absolute atomic E-state index is 0.693. The zero-order valence-electron chi connectivity index (χ0n) is 14.2. The Hall–Kier alpha value is -3.21. The van der Waals surface area contributed by atoms with E-state index in [4.69, 9.17) is 9.68 Å². The maximum absolute atomic E-state index is 5.41. The first-order valence-electron chi connectivity index (χ1n) is 8.04. The van der Waals surface area contributed by atoms with Crippen LogP contribution in [0.3, 0.4) is 0 Å². The average molecular weight is 333 g/mol. The van der Waals surface area contributed by atoms with Crippen LogP contribution in [-0.2, 0) is 0 Å². The van der Waals surface area contributed by atoms with Crippen LogP contribution in [0.4, 0.5) is 0 Å². The summed E-state index contributed by atoms with van der Waals surface area (Å²) in [6, 6.07) is 18.9. The normalized spacial score (nSPS) is 14.8. The van der Waals surface area contributed by atoms with Gasteiger partial charge in [-0.3, -0.25) is 0 Å². The molecule has 2 aromatic rings. The summed E-state index contributed by atoms with van der Waals surface area (Å²) in [6.45, 7) is 3.75. The van der Waals surface area contributed by atoms with E-state index in [-0.39, 0.29) is 0 Å². The summed E-state index contributed by atoms with van der Waals surface area (Å²) in [5.41, 5.74) is 3.11. The van der Waals surface area contributed by atoms with E-state index >= 15 is 0 Å². The van der Waals surface area contributed by atoms with Gasteiger partial charge in [0.25, 0.3) is 0 Å². The Morgan fingerprint density at radius 3 is 1.88 bits per heavy atom. The topological polar surface area (TPSA) is 55.5 Å². The predicted molar refractivity (Wildman–Crippen MR) is 100 cm³/mol. The van der Waals surface area contributed by atoms with Gasteiger partial charge in [0.15, 0.2) is 11.5 Å². The van der Waals surface area contributed by atoms with Crippen LogP contribution in [0, 0.1) is 0 Å². The molecule has 5 nitrogen and oxygen atoms in total. The van der Waals surface area contributed by atoms with E-state index in [0.29, 0.717) is 17.9 Å². The maximum atomic E-state index is 5.41. The van der Waals surface area contributed by atoms with Gasteiger partial charge in [-0.25, -0.2) is 4.99 Å². The SMILES string of the molecule is C/C(=N/Oc1ccccc1)C1=NC(/C(C)=N/Oc2ccccc2)=CC1. The van der Waals surface area contributed by atoms with Crippen LogP contribution in [0.1, 0.15) is 20.3 Å². The number of allylic oxidation sites excluding steroid dienone is 2. The standard InChI is InChI=1S/C20H19N3O2/c1-15(22-24-17-9-5-3-6-10-17)19-13-14-20(21-19)16(2)23-25-18-11-7-4-8-12-18/h3-13H,14H2,1-2H3/b22-15+,23-16-. The van der Waals surface area contributed by atoms with Crippen molar-refractivity contribution < 1.29 is 9.68 Å². The number of hydrogen-bond acceptors (Lipinski definition) is 5. The molecule has 5 heteroatoms. The van der Waals surface area contributed by atoms with Crippen molar-refractivity contribution in [2.75, 3.05) is 0 Å². The molecule has 0 aromatic heterocycles. The number of aliphatic imine (C=N–C) groups is 1. The first-order valence-corrected chi connectivity index (χ1v) is 8.04. The van der Waals surface area contributed by atoms with Crippen LogP contribution in [-0.4, -0.2) is 17.1 Å². The molecule has 25 heavy (non-hydrogen) atoms. The minimum atomic E-state index is 0.693. The molecule has 0 N–H and O–H groups in total. The molecule has 1 aliphatic rings. The van der Waals surface area contributed by atoms with Crippen LogP contribution in [0.2, 0.25) is 0 Å². The van der Waals surface area contributed by atoms with Gasteiger partial charge in [0.2, 0.25) is 0 Å². The highest BCUT2D eigenvalue weighted by atomic mass is 16.6. The first kappa shape index (κ1) is 16.6. The molecule has 0 aliphatic carbocycles. The molecule has 0 fully saturated rings. The summed E-state index contributed by atoms with van der Waals surface area (Å²) in [6.07, 6.45) is 2.70. The lowest BCUT2D eigenvalue weighted by Crippen LogP contribution is -2.09. The van der Waals surface area contributed by atoms with Crippen molar-refractivity contribution in [3.05, 3.63) is 72.4 Å². The summed E-state index contributed by atoms with van der Waals surface area (Å²) < 4.78 is 0. The van der Waals surface area contributed by atoms with Gasteiger partial charge in [-0.2, -0.15) is 0 Å². The van der Waals surface area contributed by atoms with Gasteiger partial charge in [-0.05, 0) is 38.1 Å². The van der Waals surface area contributed by atoms with Crippen molar-refractivity contribution >= 4 is 17.1 Å². The zero-order chi connectivity index (χ0) is 17.5. The lowest BCUT2D eigenvalue weighted by Gasteiger charge is -2.02. The van der Waals surface area contributed by atoms with Gasteiger partial charge in [-0.1, -0.05) is 52.8 Å². The Labute approximate surface area is 147 Å². The lowest BCUT2D eigenvalue weighted by atomic mass is 10.2. The van der Waals surface area contributed by atoms with Crippen molar-refractivity contribution in [3.63, 3.8) is 0 Å². The number of oxime groups is 2. The second-order valence-electron chi connectivity index (χ2n) is 5.51. The van der Waals surface area contributed by atoms with E-state index in [0.717, 1.165) is 22.8 Å². The van der Waals surface area contributed by atoms with Crippen molar-refractivity contribution in [1.82, 2.24) is 0 Å². The zero-order valence-corrected chi connectivity index (χ0v) is 14.2. The Kier molecular flexibility index (Phi) is 5.36. The van der Waals surface area contributed by atoms with Crippen molar-refractivity contribution in [1.29, 1.82) is 0 Å². The number of hydrogen-bond donors (Lipinski definition) is 0. The van der Waals surface area contributed by atoms with Gasteiger partial charge < -0.3 is 9.68 Å². The molecule has 1 heterocycles. The van der Waals surface area contributed by atoms with Crippen LogP contribution < -0.4 is 9.68 Å². The fourth-order valence-corrected chi connectivity index (χ4v) is 2.19. The number of rotatable bonds is 6. The van der Waals surface area contributed by atoms with E-state index in [2.05, 4.69) is 15.3 Å². The van der Waals surface area contributed by atoms with Crippen molar-refractivity contribution in [2.24, 2.45) is 15.3 Å². The monoisotopic (exact) mass is 333 g/mol. The summed E-state index contributed by atoms with van der Waals surface area (Å²) in [5, 5.41) is 8.28. The molecule has 1 aliphatic heterocycles.